The predicted octanol–water partition coefficient (Wildman–Crippen LogP) is 17.5. The van der Waals surface area contributed by atoms with Gasteiger partial charge in [0.05, 0.1) is 17.1 Å². The van der Waals surface area contributed by atoms with Gasteiger partial charge in [-0.3, -0.25) is 0 Å². The van der Waals surface area contributed by atoms with Crippen molar-refractivity contribution in [2.24, 2.45) is 0 Å². The number of rotatable bonds is 6. The molecule has 0 N–H and O–H groups in total. The molecule has 0 bridgehead atoms. The van der Waals surface area contributed by atoms with E-state index in [1.54, 1.807) is 0 Å². The van der Waals surface area contributed by atoms with Gasteiger partial charge in [-0.2, -0.15) is 0 Å². The Morgan fingerprint density at radius 1 is 0.347 bits per heavy atom. The number of hydrogen-bond donors (Lipinski definition) is 0. The van der Waals surface area contributed by atoms with Crippen LogP contribution in [0, 0.1) is 0 Å². The molecule has 352 valence electrons. The SMILES string of the molecule is CC(C)(C)c1ccc2c(c1)B1c3sc4ccc(C(C)(C)C)cc4c3N(c3c(-c4ccccc4)cccc3-c3ccccc3)c3cc(C(C)(C)C)cc(c31)N2c1c(-c2ccccc2)cccc1-c1ccccc1. The Kier molecular flexibility index (Phi) is 10.9. The molecule has 0 spiro atoms. The molecule has 12 rings (SSSR count). The van der Waals surface area contributed by atoms with Crippen molar-refractivity contribution in [3.05, 3.63) is 223 Å². The minimum absolute atomic E-state index is 0.0487. The van der Waals surface area contributed by atoms with Crippen LogP contribution in [0.5, 0.6) is 0 Å². The number of fused-ring (bicyclic) bond motifs is 6. The molecule has 0 radical (unpaired) electrons. The third-order valence-corrected chi connectivity index (χ3v) is 16.3. The van der Waals surface area contributed by atoms with Gasteiger partial charge in [-0.15, -0.1) is 11.3 Å². The molecule has 4 heteroatoms. The molecule has 2 nitrogen and oxygen atoms in total. The summed E-state index contributed by atoms with van der Waals surface area (Å²) in [5.41, 5.74) is 23.2. The molecule has 2 aliphatic heterocycles. The van der Waals surface area contributed by atoms with Gasteiger partial charge in [0.15, 0.2) is 0 Å². The summed E-state index contributed by atoms with van der Waals surface area (Å²) in [4.78, 5) is 5.40. The smallest absolute Gasteiger partial charge is 0.264 e. The van der Waals surface area contributed by atoms with Gasteiger partial charge in [0.25, 0.3) is 6.71 Å². The highest BCUT2D eigenvalue weighted by atomic mass is 32.1. The van der Waals surface area contributed by atoms with Crippen LogP contribution in [0.2, 0.25) is 0 Å². The van der Waals surface area contributed by atoms with Crippen LogP contribution in [0.4, 0.5) is 34.1 Å². The van der Waals surface area contributed by atoms with Gasteiger partial charge in [0.2, 0.25) is 0 Å². The van der Waals surface area contributed by atoms with Crippen molar-refractivity contribution in [3.8, 4) is 44.5 Å². The van der Waals surface area contributed by atoms with Crippen LogP contribution in [0.25, 0.3) is 54.6 Å². The molecule has 1 aromatic heterocycles. The first-order valence-electron chi connectivity index (χ1n) is 25.6. The lowest BCUT2D eigenvalue weighted by atomic mass is 9.36. The molecule has 2 aliphatic rings. The van der Waals surface area contributed by atoms with Gasteiger partial charge in [0, 0.05) is 54.2 Å². The third kappa shape index (κ3) is 7.62. The van der Waals surface area contributed by atoms with Crippen LogP contribution in [0.3, 0.4) is 0 Å². The van der Waals surface area contributed by atoms with Crippen LogP contribution in [-0.2, 0) is 16.2 Å². The zero-order valence-electron chi connectivity index (χ0n) is 43.0. The van der Waals surface area contributed by atoms with E-state index in [1.807, 2.05) is 11.3 Å². The Labute approximate surface area is 431 Å². The van der Waals surface area contributed by atoms with E-state index >= 15 is 0 Å². The average molecular weight is 949 g/mol. The fourth-order valence-electron chi connectivity index (χ4n) is 11.3. The van der Waals surface area contributed by atoms with Crippen LogP contribution in [0.15, 0.2) is 206 Å². The van der Waals surface area contributed by atoms with Gasteiger partial charge < -0.3 is 9.80 Å². The number of anilines is 6. The van der Waals surface area contributed by atoms with Crippen molar-refractivity contribution in [3.63, 3.8) is 0 Å². The molecule has 72 heavy (non-hydrogen) atoms. The largest absolute Gasteiger partial charge is 0.310 e. The molecule has 0 fully saturated rings. The van der Waals surface area contributed by atoms with Crippen LogP contribution < -0.4 is 25.5 Å². The molecule has 3 heterocycles. The number of para-hydroxylation sites is 2. The topological polar surface area (TPSA) is 6.48 Å². The van der Waals surface area contributed by atoms with Crippen molar-refractivity contribution in [1.82, 2.24) is 0 Å². The van der Waals surface area contributed by atoms with E-state index in [-0.39, 0.29) is 23.0 Å². The molecule has 10 aromatic rings. The predicted molar refractivity (Wildman–Crippen MR) is 314 cm³/mol. The molecule has 0 unspecified atom stereocenters. The van der Waals surface area contributed by atoms with E-state index < -0.39 is 0 Å². The zero-order chi connectivity index (χ0) is 49.7. The van der Waals surface area contributed by atoms with Crippen molar-refractivity contribution in [1.29, 1.82) is 0 Å². The third-order valence-electron chi connectivity index (χ3n) is 15.1. The second-order valence-corrected chi connectivity index (χ2v) is 24.0. The Morgan fingerprint density at radius 3 is 1.19 bits per heavy atom. The quantitative estimate of drug-likeness (QED) is 0.153. The fourth-order valence-corrected chi connectivity index (χ4v) is 12.6. The number of nitrogens with zero attached hydrogens (tertiary/aromatic N) is 2. The molecule has 0 saturated carbocycles. The zero-order valence-corrected chi connectivity index (χ0v) is 43.8. The first-order chi connectivity index (χ1) is 34.6. The first kappa shape index (κ1) is 45.7. The highest BCUT2D eigenvalue weighted by molar-refractivity contribution is 7.33. The fraction of sp³-hybridized carbons (Fsp3) is 0.176. The summed E-state index contributed by atoms with van der Waals surface area (Å²) in [6.07, 6.45) is 0. The van der Waals surface area contributed by atoms with Crippen molar-refractivity contribution < 1.29 is 0 Å². The Bertz CT molecular complexity index is 3570. The Morgan fingerprint density at radius 2 is 0.750 bits per heavy atom. The van der Waals surface area contributed by atoms with E-state index in [0.29, 0.717) is 0 Å². The second-order valence-electron chi connectivity index (χ2n) is 22.9. The lowest BCUT2D eigenvalue weighted by Gasteiger charge is -2.46. The van der Waals surface area contributed by atoms with Gasteiger partial charge >= 0.3 is 0 Å². The highest BCUT2D eigenvalue weighted by Gasteiger charge is 2.47. The van der Waals surface area contributed by atoms with Crippen molar-refractivity contribution in [2.45, 2.75) is 78.6 Å². The van der Waals surface area contributed by atoms with E-state index in [1.165, 1.54) is 121 Å². The Hall–Kier alpha value is -7.40. The second kappa shape index (κ2) is 17.1. The van der Waals surface area contributed by atoms with E-state index in [4.69, 9.17) is 0 Å². The van der Waals surface area contributed by atoms with E-state index in [9.17, 15) is 0 Å². The van der Waals surface area contributed by atoms with Gasteiger partial charge in [-0.05, 0) is 96.4 Å². The minimum Gasteiger partial charge on any atom is -0.310 e. The number of thiophene rings is 1. The maximum absolute atomic E-state index is 2.73. The molecular weight excluding hydrogens is 888 g/mol. The summed E-state index contributed by atoms with van der Waals surface area (Å²) in [5.74, 6) is 0. The molecular formula is C68H61BN2S. The average Bonchev–Trinajstić information content (AvgIpc) is 3.77. The summed E-state index contributed by atoms with van der Waals surface area (Å²) >= 11 is 1.98. The summed E-state index contributed by atoms with van der Waals surface area (Å²) < 4.78 is 2.68. The van der Waals surface area contributed by atoms with Crippen LogP contribution >= 0.6 is 11.3 Å². The number of hydrogen-bond acceptors (Lipinski definition) is 3. The Balaban J connectivity index is 1.30. The molecule has 0 saturated heterocycles. The monoisotopic (exact) mass is 948 g/mol. The van der Waals surface area contributed by atoms with Gasteiger partial charge in [-0.25, -0.2) is 0 Å². The molecule has 0 atom stereocenters. The van der Waals surface area contributed by atoms with Crippen LogP contribution in [0.1, 0.15) is 79.0 Å². The lowest BCUT2D eigenvalue weighted by Crippen LogP contribution is -2.60. The maximum Gasteiger partial charge on any atom is 0.264 e. The van der Waals surface area contributed by atoms with Crippen LogP contribution in [-0.4, -0.2) is 6.71 Å². The summed E-state index contributed by atoms with van der Waals surface area (Å²) in [6, 6.07) is 77.8. The summed E-state index contributed by atoms with van der Waals surface area (Å²) in [7, 11) is 0. The minimum atomic E-state index is -0.201. The normalized spacial score (nSPS) is 13.3. The maximum atomic E-state index is 2.73. The lowest BCUT2D eigenvalue weighted by molar-refractivity contribution is 0.590. The molecule has 9 aromatic carbocycles. The van der Waals surface area contributed by atoms with Crippen molar-refractivity contribution in [2.75, 3.05) is 9.80 Å². The first-order valence-corrected chi connectivity index (χ1v) is 26.4. The van der Waals surface area contributed by atoms with Gasteiger partial charge in [0.1, 0.15) is 0 Å². The van der Waals surface area contributed by atoms with Crippen molar-refractivity contribution >= 4 is 78.0 Å². The standard InChI is InChI=1S/C68H61BN2S/c1-66(2,3)48-37-39-60-55(40-48)64-65(72-60)69-56-41-49(67(4,5)6)36-38-57(56)70(62-51(44-24-14-10-15-25-44)32-22-33-52(62)45-26-16-11-17-27-45)58-42-50(68(7,8)9)43-59(61(58)69)71(64)63-53(46-28-18-12-19-29-46)34-23-35-54(63)47-30-20-13-21-31-47/h10-43H,1-9H3. The summed E-state index contributed by atoms with van der Waals surface area (Å²) in [6.45, 7) is 21.2. The molecule has 0 aliphatic carbocycles. The van der Waals surface area contributed by atoms with E-state index in [0.717, 1.165) is 0 Å². The molecule has 0 amide bonds. The van der Waals surface area contributed by atoms with Gasteiger partial charge in [-0.1, -0.05) is 238 Å². The number of benzene rings is 9. The summed E-state index contributed by atoms with van der Waals surface area (Å²) in [5, 5.41) is 1.30. The highest BCUT2D eigenvalue weighted by Crippen LogP contribution is 2.55. The van der Waals surface area contributed by atoms with E-state index in [2.05, 4.69) is 278 Å².